The zero-order valence-electron chi connectivity index (χ0n) is 8.90. The Morgan fingerprint density at radius 3 is 2.88 bits per heavy atom. The molecule has 1 heterocycles. The van der Waals surface area contributed by atoms with Crippen LogP contribution in [0.1, 0.15) is 15.4 Å². The van der Waals surface area contributed by atoms with E-state index in [0.29, 0.717) is 5.69 Å². The molecular formula is C10H9BrN4OS. The Kier molecular flexibility index (Phi) is 3.39. The van der Waals surface area contributed by atoms with Gasteiger partial charge in [-0.25, -0.2) is 0 Å². The van der Waals surface area contributed by atoms with E-state index in [0.717, 1.165) is 21.4 Å². The van der Waals surface area contributed by atoms with Crippen molar-refractivity contribution in [3.63, 3.8) is 0 Å². The molecule has 0 saturated heterocycles. The molecule has 0 saturated carbocycles. The van der Waals surface area contributed by atoms with E-state index < -0.39 is 0 Å². The highest BCUT2D eigenvalue weighted by atomic mass is 79.9. The van der Waals surface area contributed by atoms with E-state index in [1.165, 1.54) is 0 Å². The summed E-state index contributed by atoms with van der Waals surface area (Å²) < 4.78 is 0.814. The lowest BCUT2D eigenvalue weighted by Crippen LogP contribution is -2.12. The van der Waals surface area contributed by atoms with Gasteiger partial charge in [0.25, 0.3) is 5.91 Å². The second-order valence-corrected chi connectivity index (χ2v) is 5.25. The van der Waals surface area contributed by atoms with Crippen molar-refractivity contribution < 1.29 is 4.79 Å². The van der Waals surface area contributed by atoms with Gasteiger partial charge in [-0.15, -0.1) is 10.2 Å². The van der Waals surface area contributed by atoms with Gasteiger partial charge in [0, 0.05) is 4.47 Å². The number of carbonyl (C=O) groups is 1. The molecule has 88 valence electrons. The number of carbonyl (C=O) groups excluding carboxylic acids is 1. The maximum Gasteiger partial charge on any atom is 0.286 e. The van der Waals surface area contributed by atoms with Crippen molar-refractivity contribution >= 4 is 44.0 Å². The Balaban J connectivity index is 2.21. The Morgan fingerprint density at radius 2 is 2.24 bits per heavy atom. The van der Waals surface area contributed by atoms with E-state index in [2.05, 4.69) is 31.4 Å². The van der Waals surface area contributed by atoms with E-state index in [-0.39, 0.29) is 16.0 Å². The van der Waals surface area contributed by atoms with Gasteiger partial charge in [-0.05, 0) is 40.5 Å². The first kappa shape index (κ1) is 12.0. The van der Waals surface area contributed by atoms with Gasteiger partial charge in [-0.2, -0.15) is 0 Å². The molecule has 17 heavy (non-hydrogen) atoms. The number of amides is 1. The predicted octanol–water partition coefficient (Wildman–Crippen LogP) is 2.44. The van der Waals surface area contributed by atoms with Crippen LogP contribution in [0.2, 0.25) is 0 Å². The van der Waals surface area contributed by atoms with Gasteiger partial charge in [0.2, 0.25) is 10.1 Å². The third-order valence-corrected chi connectivity index (χ3v) is 3.45. The van der Waals surface area contributed by atoms with Gasteiger partial charge in [0.05, 0.1) is 5.69 Å². The Hall–Kier alpha value is -1.47. The quantitative estimate of drug-likeness (QED) is 0.892. The maximum absolute atomic E-state index is 11.8. The molecule has 0 fully saturated rings. The molecule has 2 aromatic rings. The average molecular weight is 313 g/mol. The standard InChI is InChI=1S/C10H9BrN4OS/c1-5-2-3-6(11)7(4-5)13-8(16)9-14-15-10(12)17-9/h2-4H,1H3,(H2,12,15)(H,13,16). The summed E-state index contributed by atoms with van der Waals surface area (Å²) in [5.74, 6) is -0.314. The number of hydrogen-bond donors (Lipinski definition) is 2. The van der Waals surface area contributed by atoms with E-state index in [9.17, 15) is 4.79 Å². The van der Waals surface area contributed by atoms with Gasteiger partial charge in [0.15, 0.2) is 0 Å². The van der Waals surface area contributed by atoms with Crippen molar-refractivity contribution in [2.75, 3.05) is 11.1 Å². The zero-order chi connectivity index (χ0) is 12.4. The number of benzene rings is 1. The molecule has 0 unspecified atom stereocenters. The molecule has 0 spiro atoms. The van der Waals surface area contributed by atoms with Crippen molar-refractivity contribution in [1.29, 1.82) is 0 Å². The van der Waals surface area contributed by atoms with Crippen molar-refractivity contribution in [3.05, 3.63) is 33.2 Å². The van der Waals surface area contributed by atoms with Crippen LogP contribution in [0.5, 0.6) is 0 Å². The van der Waals surface area contributed by atoms with E-state index >= 15 is 0 Å². The number of aryl methyl sites for hydroxylation is 1. The third-order valence-electron chi connectivity index (χ3n) is 2.00. The Bertz CT molecular complexity index is 569. The third kappa shape index (κ3) is 2.80. The van der Waals surface area contributed by atoms with Crippen molar-refractivity contribution in [1.82, 2.24) is 10.2 Å². The van der Waals surface area contributed by atoms with Crippen molar-refractivity contribution in [2.45, 2.75) is 6.92 Å². The molecular weight excluding hydrogens is 304 g/mol. The first-order valence-corrected chi connectivity index (χ1v) is 6.33. The second kappa shape index (κ2) is 4.80. The smallest absolute Gasteiger partial charge is 0.286 e. The highest BCUT2D eigenvalue weighted by Crippen LogP contribution is 2.24. The highest BCUT2D eigenvalue weighted by Gasteiger charge is 2.13. The Morgan fingerprint density at radius 1 is 1.47 bits per heavy atom. The lowest BCUT2D eigenvalue weighted by molar-refractivity contribution is 0.102. The predicted molar refractivity (Wildman–Crippen MR) is 71.2 cm³/mol. The van der Waals surface area contributed by atoms with E-state index in [4.69, 9.17) is 5.73 Å². The van der Waals surface area contributed by atoms with Crippen LogP contribution in [0.4, 0.5) is 10.8 Å². The van der Waals surface area contributed by atoms with Gasteiger partial charge in [0.1, 0.15) is 0 Å². The van der Waals surface area contributed by atoms with Crippen LogP contribution >= 0.6 is 27.3 Å². The zero-order valence-corrected chi connectivity index (χ0v) is 11.3. The minimum absolute atomic E-state index is 0.246. The van der Waals surface area contributed by atoms with Gasteiger partial charge in [-0.3, -0.25) is 4.79 Å². The summed E-state index contributed by atoms with van der Waals surface area (Å²) in [5, 5.41) is 10.5. The largest absolute Gasteiger partial charge is 0.374 e. The lowest BCUT2D eigenvalue weighted by Gasteiger charge is -2.06. The first-order chi connectivity index (χ1) is 8.06. The number of aromatic nitrogens is 2. The summed E-state index contributed by atoms with van der Waals surface area (Å²) in [7, 11) is 0. The molecule has 3 N–H and O–H groups in total. The SMILES string of the molecule is Cc1ccc(Br)c(NC(=O)c2nnc(N)s2)c1. The van der Waals surface area contributed by atoms with Crippen molar-refractivity contribution in [3.8, 4) is 0 Å². The van der Waals surface area contributed by atoms with E-state index in [1.807, 2.05) is 25.1 Å². The summed E-state index contributed by atoms with van der Waals surface area (Å²) in [6.07, 6.45) is 0. The average Bonchev–Trinajstić information content (AvgIpc) is 2.70. The fourth-order valence-electron chi connectivity index (χ4n) is 1.24. The molecule has 1 aromatic heterocycles. The number of hydrogen-bond acceptors (Lipinski definition) is 5. The molecule has 0 aliphatic carbocycles. The number of nitrogens with zero attached hydrogens (tertiary/aromatic N) is 2. The summed E-state index contributed by atoms with van der Waals surface area (Å²) in [5.41, 5.74) is 7.17. The maximum atomic E-state index is 11.8. The molecule has 0 aliphatic rings. The minimum Gasteiger partial charge on any atom is -0.374 e. The molecule has 1 amide bonds. The van der Waals surface area contributed by atoms with Crippen LogP contribution in [-0.4, -0.2) is 16.1 Å². The first-order valence-electron chi connectivity index (χ1n) is 4.73. The number of halogens is 1. The van der Waals surface area contributed by atoms with E-state index in [1.54, 1.807) is 0 Å². The van der Waals surface area contributed by atoms with Gasteiger partial charge >= 0.3 is 0 Å². The summed E-state index contributed by atoms with van der Waals surface area (Å²) in [4.78, 5) is 11.8. The van der Waals surface area contributed by atoms with Crippen LogP contribution < -0.4 is 11.1 Å². The lowest BCUT2D eigenvalue weighted by atomic mass is 10.2. The molecule has 0 radical (unpaired) electrons. The fourth-order valence-corrected chi connectivity index (χ4v) is 2.09. The minimum atomic E-state index is -0.314. The molecule has 0 aliphatic heterocycles. The number of anilines is 2. The molecule has 5 nitrogen and oxygen atoms in total. The summed E-state index contributed by atoms with van der Waals surface area (Å²) in [6, 6.07) is 5.69. The Labute approximate surface area is 110 Å². The van der Waals surface area contributed by atoms with Crippen LogP contribution in [0.15, 0.2) is 22.7 Å². The topological polar surface area (TPSA) is 80.9 Å². The van der Waals surface area contributed by atoms with Crippen molar-refractivity contribution in [2.24, 2.45) is 0 Å². The normalized spacial score (nSPS) is 10.2. The number of rotatable bonds is 2. The highest BCUT2D eigenvalue weighted by molar-refractivity contribution is 9.10. The van der Waals surface area contributed by atoms with Crippen LogP contribution in [0.3, 0.4) is 0 Å². The van der Waals surface area contributed by atoms with Gasteiger partial charge in [-0.1, -0.05) is 17.4 Å². The summed E-state index contributed by atoms with van der Waals surface area (Å²) in [6.45, 7) is 1.95. The number of nitrogens with one attached hydrogen (secondary N) is 1. The van der Waals surface area contributed by atoms with Gasteiger partial charge < -0.3 is 11.1 Å². The molecule has 7 heteroatoms. The second-order valence-electron chi connectivity index (χ2n) is 3.38. The molecule has 2 rings (SSSR count). The van der Waals surface area contributed by atoms with Crippen LogP contribution in [0, 0.1) is 6.92 Å². The molecule has 1 aromatic carbocycles. The fraction of sp³-hybridized carbons (Fsp3) is 0.100. The molecule has 0 bridgehead atoms. The van der Waals surface area contributed by atoms with Crippen LogP contribution in [-0.2, 0) is 0 Å². The number of nitrogens with two attached hydrogens (primary N) is 1. The summed E-state index contributed by atoms with van der Waals surface area (Å²) >= 11 is 4.42. The van der Waals surface area contributed by atoms with Crippen LogP contribution in [0.25, 0.3) is 0 Å². The number of nitrogen functional groups attached to an aromatic ring is 1. The monoisotopic (exact) mass is 312 g/mol. The molecule has 0 atom stereocenters.